The van der Waals surface area contributed by atoms with Crippen molar-refractivity contribution in [1.29, 1.82) is 0 Å². The van der Waals surface area contributed by atoms with Gasteiger partial charge in [-0.2, -0.15) is 13.2 Å². The number of hydrogen-bond donors (Lipinski definition) is 1. The number of rotatable bonds is 5. The van der Waals surface area contributed by atoms with Crippen molar-refractivity contribution in [2.75, 3.05) is 0 Å². The third-order valence-electron chi connectivity index (χ3n) is 4.21. The van der Waals surface area contributed by atoms with Crippen molar-refractivity contribution >= 4 is 22.6 Å². The Morgan fingerprint density at radius 3 is 2.50 bits per heavy atom. The molecule has 0 saturated heterocycles. The quantitative estimate of drug-likeness (QED) is 0.528. The van der Waals surface area contributed by atoms with Gasteiger partial charge in [0.15, 0.2) is 0 Å². The van der Waals surface area contributed by atoms with E-state index in [2.05, 4.69) is 10.3 Å². The van der Waals surface area contributed by atoms with E-state index in [1.165, 1.54) is 42.1 Å². The molecule has 0 aliphatic rings. The van der Waals surface area contributed by atoms with Gasteiger partial charge in [0, 0.05) is 19.5 Å². The molecule has 0 aliphatic heterocycles. The molecule has 2 aromatic carbocycles. The number of hydrogen-bond acceptors (Lipinski definition) is 4. The summed E-state index contributed by atoms with van der Waals surface area (Å²) in [6.45, 7) is 1.35. The van der Waals surface area contributed by atoms with Gasteiger partial charge < -0.3 is 9.88 Å². The Morgan fingerprint density at radius 1 is 1.25 bits per heavy atom. The van der Waals surface area contributed by atoms with Crippen molar-refractivity contribution in [3.8, 4) is 0 Å². The minimum atomic E-state index is -4.47. The number of non-ortho nitro benzene ring substituents is 1. The number of halogens is 3. The summed E-state index contributed by atoms with van der Waals surface area (Å²) in [4.78, 5) is 26.5. The molecular formula is C18H15F3N4O3. The van der Waals surface area contributed by atoms with Gasteiger partial charge in [-0.05, 0) is 23.8 Å². The zero-order valence-electron chi connectivity index (χ0n) is 14.6. The number of nitro groups is 1. The highest BCUT2D eigenvalue weighted by Gasteiger charge is 2.30. The van der Waals surface area contributed by atoms with Crippen LogP contribution in [0.5, 0.6) is 0 Å². The van der Waals surface area contributed by atoms with Crippen LogP contribution in [0.4, 0.5) is 18.9 Å². The van der Waals surface area contributed by atoms with E-state index < -0.39 is 22.7 Å². The van der Waals surface area contributed by atoms with E-state index in [0.717, 1.165) is 12.1 Å². The summed E-state index contributed by atoms with van der Waals surface area (Å²) in [5.74, 6) is -0.385. The maximum atomic E-state index is 12.8. The summed E-state index contributed by atoms with van der Waals surface area (Å²) in [6.07, 6.45) is -3.07. The molecule has 146 valence electrons. The lowest BCUT2D eigenvalue weighted by Crippen LogP contribution is -2.29. The number of carbonyl (C=O) groups excluding carboxylic acids is 1. The number of nitrogens with zero attached hydrogens (tertiary/aromatic N) is 3. The number of nitro benzene ring substituents is 1. The molecule has 10 heteroatoms. The lowest BCUT2D eigenvalue weighted by atomic mass is 10.0. The molecule has 3 aromatic rings. The number of para-hydroxylation sites is 1. The second kappa shape index (κ2) is 7.29. The standard InChI is InChI=1S/C18H15F3N4O3/c1-11(26)23-15(12-5-7-13(8-6-12)18(19,20)21)9-24-10-22-14-3-2-4-16(17(14)24)25(27)28/h2-8,10,15H,9H2,1H3,(H,23,26). The molecule has 1 aromatic heterocycles. The highest BCUT2D eigenvalue weighted by molar-refractivity contribution is 5.84. The summed E-state index contributed by atoms with van der Waals surface area (Å²) in [6, 6.07) is 8.18. The van der Waals surface area contributed by atoms with Crippen LogP contribution in [0.25, 0.3) is 11.0 Å². The second-order valence-corrected chi connectivity index (χ2v) is 6.17. The van der Waals surface area contributed by atoms with Crippen LogP contribution in [-0.2, 0) is 17.5 Å². The van der Waals surface area contributed by atoms with Crippen LogP contribution in [0.3, 0.4) is 0 Å². The van der Waals surface area contributed by atoms with Crippen molar-refractivity contribution in [3.63, 3.8) is 0 Å². The highest BCUT2D eigenvalue weighted by atomic mass is 19.4. The van der Waals surface area contributed by atoms with Crippen LogP contribution in [0.1, 0.15) is 24.1 Å². The zero-order valence-corrected chi connectivity index (χ0v) is 14.6. The average molecular weight is 392 g/mol. The van der Waals surface area contributed by atoms with Crippen LogP contribution in [-0.4, -0.2) is 20.4 Å². The average Bonchev–Trinajstić information content (AvgIpc) is 3.03. The van der Waals surface area contributed by atoms with E-state index in [4.69, 9.17) is 0 Å². The monoisotopic (exact) mass is 392 g/mol. The molecule has 0 aliphatic carbocycles. The number of imidazole rings is 1. The summed E-state index contributed by atoms with van der Waals surface area (Å²) in [7, 11) is 0. The smallest absolute Gasteiger partial charge is 0.348 e. The van der Waals surface area contributed by atoms with Gasteiger partial charge in [0.1, 0.15) is 5.52 Å². The lowest BCUT2D eigenvalue weighted by Gasteiger charge is -2.20. The first-order valence-corrected chi connectivity index (χ1v) is 8.19. The predicted octanol–water partition coefficient (Wildman–Crippen LogP) is 3.84. The van der Waals surface area contributed by atoms with E-state index in [-0.39, 0.29) is 23.7 Å². The van der Waals surface area contributed by atoms with Crippen LogP contribution in [0, 0.1) is 10.1 Å². The SMILES string of the molecule is CC(=O)NC(Cn1cnc2cccc([N+](=O)[O-])c21)c1ccc(C(F)(F)F)cc1. The molecule has 0 radical (unpaired) electrons. The molecule has 1 atom stereocenters. The second-order valence-electron chi connectivity index (χ2n) is 6.17. The van der Waals surface area contributed by atoms with E-state index in [1.807, 2.05) is 0 Å². The van der Waals surface area contributed by atoms with Gasteiger partial charge in [-0.1, -0.05) is 18.2 Å². The third kappa shape index (κ3) is 3.95. The number of aromatic nitrogens is 2. The highest BCUT2D eigenvalue weighted by Crippen LogP contribution is 2.31. The lowest BCUT2D eigenvalue weighted by molar-refractivity contribution is -0.383. The molecule has 0 fully saturated rings. The first-order chi connectivity index (χ1) is 13.2. The molecular weight excluding hydrogens is 377 g/mol. The normalized spacial score (nSPS) is 12.7. The largest absolute Gasteiger partial charge is 0.416 e. The summed E-state index contributed by atoms with van der Waals surface area (Å²) in [5.41, 5.74) is 0.159. The minimum Gasteiger partial charge on any atom is -0.348 e. The van der Waals surface area contributed by atoms with Crippen molar-refractivity contribution in [3.05, 3.63) is 70.0 Å². The van der Waals surface area contributed by atoms with Crippen molar-refractivity contribution in [2.24, 2.45) is 0 Å². The predicted molar refractivity (Wildman–Crippen MR) is 94.4 cm³/mol. The third-order valence-corrected chi connectivity index (χ3v) is 4.21. The molecule has 28 heavy (non-hydrogen) atoms. The van der Waals surface area contributed by atoms with E-state index in [1.54, 1.807) is 6.07 Å². The Bertz CT molecular complexity index is 1030. The van der Waals surface area contributed by atoms with E-state index in [0.29, 0.717) is 11.1 Å². The number of alkyl halides is 3. The van der Waals surface area contributed by atoms with Gasteiger partial charge in [0.25, 0.3) is 5.69 Å². The van der Waals surface area contributed by atoms with Crippen LogP contribution >= 0.6 is 0 Å². The molecule has 7 nitrogen and oxygen atoms in total. The van der Waals surface area contributed by atoms with Gasteiger partial charge in [0.2, 0.25) is 5.91 Å². The van der Waals surface area contributed by atoms with Crippen LogP contribution < -0.4 is 5.32 Å². The Kier molecular flexibility index (Phi) is 5.04. The Morgan fingerprint density at radius 2 is 1.93 bits per heavy atom. The molecule has 0 saturated carbocycles. The van der Waals surface area contributed by atoms with Crippen LogP contribution in [0.2, 0.25) is 0 Å². The topological polar surface area (TPSA) is 90.1 Å². The Hall–Kier alpha value is -3.43. The number of amides is 1. The molecule has 1 heterocycles. The van der Waals surface area contributed by atoms with Gasteiger partial charge >= 0.3 is 6.18 Å². The number of fused-ring (bicyclic) bond motifs is 1. The maximum Gasteiger partial charge on any atom is 0.416 e. The van der Waals surface area contributed by atoms with E-state index >= 15 is 0 Å². The fourth-order valence-corrected chi connectivity index (χ4v) is 2.97. The molecule has 1 N–H and O–H groups in total. The van der Waals surface area contributed by atoms with Gasteiger partial charge in [-0.25, -0.2) is 4.98 Å². The first kappa shape index (κ1) is 19.3. The summed E-state index contributed by atoms with van der Waals surface area (Å²) < 4.78 is 39.9. The van der Waals surface area contributed by atoms with Crippen molar-refractivity contribution in [2.45, 2.75) is 25.7 Å². The number of benzene rings is 2. The molecule has 0 bridgehead atoms. The molecule has 1 unspecified atom stereocenters. The van der Waals surface area contributed by atoms with E-state index in [9.17, 15) is 28.1 Å². The molecule has 3 rings (SSSR count). The van der Waals surface area contributed by atoms with Gasteiger partial charge in [-0.15, -0.1) is 0 Å². The van der Waals surface area contributed by atoms with Gasteiger partial charge in [0.05, 0.1) is 28.4 Å². The van der Waals surface area contributed by atoms with Crippen LogP contribution in [0.15, 0.2) is 48.8 Å². The fourth-order valence-electron chi connectivity index (χ4n) is 2.97. The molecule has 0 spiro atoms. The summed E-state index contributed by atoms with van der Waals surface area (Å²) >= 11 is 0. The molecule has 1 amide bonds. The van der Waals surface area contributed by atoms with Gasteiger partial charge in [-0.3, -0.25) is 14.9 Å². The number of carbonyl (C=O) groups is 1. The zero-order chi connectivity index (χ0) is 20.5. The van der Waals surface area contributed by atoms with Crippen molar-refractivity contribution in [1.82, 2.24) is 14.9 Å². The fraction of sp³-hybridized carbons (Fsp3) is 0.222. The Labute approximate surface area is 156 Å². The number of nitrogens with one attached hydrogen (secondary N) is 1. The first-order valence-electron chi connectivity index (χ1n) is 8.19. The minimum absolute atomic E-state index is 0.0618. The summed E-state index contributed by atoms with van der Waals surface area (Å²) in [5, 5.41) is 14.0. The van der Waals surface area contributed by atoms with Crippen molar-refractivity contribution < 1.29 is 22.9 Å². The Balaban J connectivity index is 1.99. The maximum absolute atomic E-state index is 12.8.